The van der Waals surface area contributed by atoms with Gasteiger partial charge in [-0.15, -0.1) is 11.3 Å². The minimum atomic E-state index is -0.0958. The average Bonchev–Trinajstić information content (AvgIpc) is 3.26. The number of thiazole rings is 1. The maximum atomic E-state index is 12.7. The van der Waals surface area contributed by atoms with Crippen molar-refractivity contribution >= 4 is 17.2 Å². The molecule has 29 heavy (non-hydrogen) atoms. The maximum Gasteiger partial charge on any atom is 0.273 e. The molecule has 3 rings (SSSR count). The molecule has 0 saturated heterocycles. The van der Waals surface area contributed by atoms with Crippen molar-refractivity contribution in [2.24, 2.45) is 0 Å². The van der Waals surface area contributed by atoms with E-state index >= 15 is 0 Å². The summed E-state index contributed by atoms with van der Waals surface area (Å²) >= 11 is 1.46. The van der Waals surface area contributed by atoms with Crippen molar-refractivity contribution in [2.45, 2.75) is 6.42 Å². The Morgan fingerprint density at radius 2 is 1.72 bits per heavy atom. The van der Waals surface area contributed by atoms with Crippen molar-refractivity contribution in [3.8, 4) is 27.8 Å². The third-order valence-corrected chi connectivity index (χ3v) is 5.48. The van der Waals surface area contributed by atoms with Gasteiger partial charge in [0.25, 0.3) is 5.91 Å². The minimum absolute atomic E-state index is 0.0958. The molecular weight excluding hydrogens is 388 g/mol. The molecule has 3 aromatic rings. The van der Waals surface area contributed by atoms with Gasteiger partial charge in [-0.2, -0.15) is 0 Å². The fourth-order valence-corrected chi connectivity index (χ4v) is 3.67. The number of carbonyl (C=O) groups is 1. The van der Waals surface area contributed by atoms with E-state index in [0.29, 0.717) is 30.2 Å². The van der Waals surface area contributed by atoms with Gasteiger partial charge in [0.1, 0.15) is 16.5 Å². The summed E-state index contributed by atoms with van der Waals surface area (Å²) in [6, 6.07) is 13.4. The lowest BCUT2D eigenvalue weighted by atomic mass is 10.1. The van der Waals surface area contributed by atoms with Gasteiger partial charge in [0, 0.05) is 24.5 Å². The van der Waals surface area contributed by atoms with E-state index in [2.05, 4.69) is 4.98 Å². The molecule has 1 heterocycles. The molecule has 0 radical (unpaired) electrons. The monoisotopic (exact) mass is 412 g/mol. The fourth-order valence-electron chi connectivity index (χ4n) is 2.87. The van der Waals surface area contributed by atoms with Gasteiger partial charge >= 0.3 is 0 Å². The van der Waals surface area contributed by atoms with Gasteiger partial charge in [0.05, 0.1) is 21.3 Å². The van der Waals surface area contributed by atoms with E-state index in [4.69, 9.17) is 14.2 Å². The molecule has 0 atom stereocenters. The normalized spacial score (nSPS) is 10.5. The smallest absolute Gasteiger partial charge is 0.273 e. The number of hydrogen-bond donors (Lipinski definition) is 0. The molecule has 0 spiro atoms. The van der Waals surface area contributed by atoms with Crippen LogP contribution in [-0.4, -0.2) is 50.7 Å². The largest absolute Gasteiger partial charge is 0.497 e. The number of hydrogen-bond acceptors (Lipinski definition) is 6. The molecule has 0 saturated carbocycles. The second-order valence-corrected chi connectivity index (χ2v) is 7.29. The topological polar surface area (TPSA) is 60.9 Å². The zero-order chi connectivity index (χ0) is 20.8. The first kappa shape index (κ1) is 20.7. The zero-order valence-corrected chi connectivity index (χ0v) is 17.8. The molecule has 0 bridgehead atoms. The van der Waals surface area contributed by atoms with E-state index in [1.54, 1.807) is 38.7 Å². The Morgan fingerprint density at radius 1 is 1.00 bits per heavy atom. The van der Waals surface area contributed by atoms with Crippen LogP contribution < -0.4 is 14.2 Å². The van der Waals surface area contributed by atoms with Crippen LogP contribution in [0.4, 0.5) is 0 Å². The number of benzene rings is 2. The van der Waals surface area contributed by atoms with E-state index in [-0.39, 0.29) is 5.91 Å². The van der Waals surface area contributed by atoms with Crippen LogP contribution in [-0.2, 0) is 6.42 Å². The van der Waals surface area contributed by atoms with Gasteiger partial charge in [-0.25, -0.2) is 4.98 Å². The lowest BCUT2D eigenvalue weighted by Crippen LogP contribution is -2.29. The van der Waals surface area contributed by atoms with Crippen molar-refractivity contribution in [2.75, 3.05) is 34.9 Å². The lowest BCUT2D eigenvalue weighted by Gasteiger charge is -2.16. The van der Waals surface area contributed by atoms with Crippen molar-refractivity contribution in [1.29, 1.82) is 0 Å². The number of carbonyl (C=O) groups excluding carboxylic acids is 1. The van der Waals surface area contributed by atoms with E-state index in [1.807, 2.05) is 42.5 Å². The van der Waals surface area contributed by atoms with Crippen LogP contribution in [0.1, 0.15) is 16.1 Å². The minimum Gasteiger partial charge on any atom is -0.497 e. The molecule has 152 valence electrons. The predicted octanol–water partition coefficient (Wildman–Crippen LogP) is 4.15. The van der Waals surface area contributed by atoms with E-state index in [0.717, 1.165) is 21.9 Å². The summed E-state index contributed by atoms with van der Waals surface area (Å²) in [6.07, 6.45) is 0.706. The number of likely N-dealkylation sites (N-methyl/N-ethyl adjacent to an activating group) is 1. The van der Waals surface area contributed by atoms with E-state index < -0.39 is 0 Å². The standard InChI is InChI=1S/C22H24N2O4S/c1-24(12-11-15-5-10-19(27-3)20(13-15)28-4)22(25)18-14-29-21(23-18)16-6-8-17(26-2)9-7-16/h5-10,13-14H,11-12H2,1-4H3. The van der Waals surface area contributed by atoms with Gasteiger partial charge in [-0.05, 0) is 48.4 Å². The summed E-state index contributed by atoms with van der Waals surface area (Å²) in [5.41, 5.74) is 2.48. The second-order valence-electron chi connectivity index (χ2n) is 6.43. The van der Waals surface area contributed by atoms with Crippen molar-refractivity contribution in [3.63, 3.8) is 0 Å². The summed E-state index contributed by atoms with van der Waals surface area (Å²) in [4.78, 5) is 18.9. The van der Waals surface area contributed by atoms with E-state index in [9.17, 15) is 4.79 Å². The van der Waals surface area contributed by atoms with Gasteiger partial charge in [-0.3, -0.25) is 4.79 Å². The fraction of sp³-hybridized carbons (Fsp3) is 0.273. The molecule has 0 N–H and O–H groups in total. The number of methoxy groups -OCH3 is 3. The molecular formula is C22H24N2O4S. The third kappa shape index (κ3) is 4.86. The van der Waals surface area contributed by atoms with Crippen LogP contribution in [0.25, 0.3) is 10.6 Å². The molecule has 0 fully saturated rings. The molecule has 7 heteroatoms. The van der Waals surface area contributed by atoms with Crippen molar-refractivity contribution < 1.29 is 19.0 Å². The third-order valence-electron chi connectivity index (χ3n) is 4.59. The van der Waals surface area contributed by atoms with Gasteiger partial charge in [-0.1, -0.05) is 6.07 Å². The highest BCUT2D eigenvalue weighted by atomic mass is 32.1. The zero-order valence-electron chi connectivity index (χ0n) is 17.0. The Hall–Kier alpha value is -3.06. The highest BCUT2D eigenvalue weighted by Gasteiger charge is 2.16. The van der Waals surface area contributed by atoms with E-state index in [1.165, 1.54) is 11.3 Å². The number of ether oxygens (including phenoxy) is 3. The molecule has 2 aromatic carbocycles. The average molecular weight is 413 g/mol. The predicted molar refractivity (Wildman–Crippen MR) is 114 cm³/mol. The summed E-state index contributed by atoms with van der Waals surface area (Å²) in [7, 11) is 6.64. The Morgan fingerprint density at radius 3 is 2.38 bits per heavy atom. The number of aromatic nitrogens is 1. The quantitative estimate of drug-likeness (QED) is 0.556. The summed E-state index contributed by atoms with van der Waals surface area (Å²) in [5.74, 6) is 2.06. The number of amides is 1. The van der Waals surface area contributed by atoms with Crippen molar-refractivity contribution in [1.82, 2.24) is 9.88 Å². The molecule has 0 unspecified atom stereocenters. The van der Waals surface area contributed by atoms with Gasteiger partial charge < -0.3 is 19.1 Å². The first-order valence-electron chi connectivity index (χ1n) is 9.12. The molecule has 1 amide bonds. The molecule has 0 aliphatic carbocycles. The summed E-state index contributed by atoms with van der Waals surface area (Å²) in [5, 5.41) is 2.61. The Kier molecular flexibility index (Phi) is 6.72. The Bertz CT molecular complexity index is 969. The van der Waals surface area contributed by atoms with Crippen LogP contribution in [0, 0.1) is 0 Å². The Balaban J connectivity index is 1.64. The highest BCUT2D eigenvalue weighted by Crippen LogP contribution is 2.28. The molecule has 0 aliphatic heterocycles. The second kappa shape index (κ2) is 9.43. The van der Waals surface area contributed by atoms with Gasteiger partial charge in [0.2, 0.25) is 0 Å². The molecule has 0 aliphatic rings. The maximum absolute atomic E-state index is 12.7. The van der Waals surface area contributed by atoms with Crippen LogP contribution >= 0.6 is 11.3 Å². The van der Waals surface area contributed by atoms with Crippen LogP contribution in [0.3, 0.4) is 0 Å². The SMILES string of the molecule is COc1ccc(-c2nc(C(=O)N(C)CCc3ccc(OC)c(OC)c3)cs2)cc1. The van der Waals surface area contributed by atoms with Crippen LogP contribution in [0.5, 0.6) is 17.2 Å². The summed E-state index contributed by atoms with van der Waals surface area (Å²) in [6.45, 7) is 0.573. The number of rotatable bonds is 8. The first-order valence-corrected chi connectivity index (χ1v) is 10.00. The molecule has 1 aromatic heterocycles. The highest BCUT2D eigenvalue weighted by molar-refractivity contribution is 7.13. The van der Waals surface area contributed by atoms with Gasteiger partial charge in [0.15, 0.2) is 11.5 Å². The van der Waals surface area contributed by atoms with Crippen LogP contribution in [0.2, 0.25) is 0 Å². The van der Waals surface area contributed by atoms with Crippen LogP contribution in [0.15, 0.2) is 47.8 Å². The number of nitrogens with zero attached hydrogens (tertiary/aromatic N) is 2. The summed E-state index contributed by atoms with van der Waals surface area (Å²) < 4.78 is 15.8. The Labute approximate surface area is 174 Å². The lowest BCUT2D eigenvalue weighted by molar-refractivity contribution is 0.0791. The van der Waals surface area contributed by atoms with Crippen molar-refractivity contribution in [3.05, 3.63) is 59.1 Å². The molecule has 6 nitrogen and oxygen atoms in total. The first-order chi connectivity index (χ1) is 14.0.